The van der Waals surface area contributed by atoms with E-state index in [1.807, 2.05) is 158 Å². The minimum Gasteiger partial charge on any atom is -0.497 e. The minimum absolute atomic E-state index is 0.0718. The van der Waals surface area contributed by atoms with E-state index in [0.717, 1.165) is 67.4 Å². The summed E-state index contributed by atoms with van der Waals surface area (Å²) in [4.78, 5) is 26.3. The number of benzene rings is 6. The molecule has 0 aliphatic heterocycles. The maximum Gasteiger partial charge on any atom is 0.262 e. The van der Waals surface area contributed by atoms with Gasteiger partial charge >= 0.3 is 0 Å². The van der Waals surface area contributed by atoms with Crippen molar-refractivity contribution in [1.29, 1.82) is 0 Å². The Morgan fingerprint density at radius 3 is 1.04 bits per heavy atom. The van der Waals surface area contributed by atoms with Gasteiger partial charge in [-0.1, -0.05) is 60.7 Å². The van der Waals surface area contributed by atoms with Crippen LogP contribution in [-0.4, -0.2) is 37.6 Å². The molecule has 8 heteroatoms. The first kappa shape index (κ1) is 35.3. The molecule has 8 nitrogen and oxygen atoms in total. The van der Waals surface area contributed by atoms with Gasteiger partial charge in [-0.25, -0.2) is 0 Å². The van der Waals surface area contributed by atoms with Crippen LogP contribution in [0, 0.1) is 0 Å². The van der Waals surface area contributed by atoms with Crippen LogP contribution in [0.3, 0.4) is 0 Å². The summed E-state index contributed by atoms with van der Waals surface area (Å²) in [6, 6.07) is 46.1. The van der Waals surface area contributed by atoms with Crippen molar-refractivity contribution in [2.75, 3.05) is 28.4 Å². The lowest BCUT2D eigenvalue weighted by molar-refractivity contribution is 0.414. The van der Waals surface area contributed by atoms with Crippen LogP contribution in [0.1, 0.15) is 0 Å². The molecule has 0 bridgehead atoms. The number of hydrogen-bond acceptors (Lipinski definition) is 6. The molecular weight excluding hydrogens is 677 g/mol. The number of fused-ring (bicyclic) bond motifs is 2. The molecule has 0 unspecified atom stereocenters. The Kier molecular flexibility index (Phi) is 10.3. The highest BCUT2D eigenvalue weighted by Crippen LogP contribution is 2.32. The maximum atomic E-state index is 13.2. The van der Waals surface area contributed by atoms with Crippen LogP contribution >= 0.6 is 0 Å². The topological polar surface area (TPSA) is 80.9 Å². The fourth-order valence-corrected chi connectivity index (χ4v) is 6.46. The van der Waals surface area contributed by atoms with Gasteiger partial charge in [0.05, 0.1) is 28.4 Å². The van der Waals surface area contributed by atoms with Crippen LogP contribution in [0.15, 0.2) is 168 Å². The van der Waals surface area contributed by atoms with Crippen molar-refractivity contribution in [2.24, 2.45) is 0 Å². The molecule has 0 spiro atoms. The van der Waals surface area contributed by atoms with Crippen molar-refractivity contribution < 1.29 is 18.9 Å². The van der Waals surface area contributed by atoms with E-state index in [9.17, 15) is 9.59 Å². The molecule has 0 radical (unpaired) electrons. The van der Waals surface area contributed by atoms with Gasteiger partial charge in [-0.15, -0.1) is 0 Å². The normalized spacial score (nSPS) is 10.7. The van der Waals surface area contributed by atoms with Crippen LogP contribution in [0.2, 0.25) is 0 Å². The summed E-state index contributed by atoms with van der Waals surface area (Å²) >= 11 is 0. The standard InChI is InChI=1S/2C23H19NO3/c2*1-26-18-10-8-17(9-11-18)24-15-22(16-6-4-3-5-7-16)21-14-19(27-2)12-13-20(21)23(24)25/h2*3-15H,1-2H3. The Hall–Kier alpha value is -7.06. The van der Waals surface area contributed by atoms with Gasteiger partial charge in [-0.05, 0) is 96.1 Å². The molecule has 0 aliphatic rings. The third-order valence-corrected chi connectivity index (χ3v) is 9.32. The molecule has 2 heterocycles. The number of hydrogen-bond donors (Lipinski definition) is 0. The summed E-state index contributed by atoms with van der Waals surface area (Å²) in [6.45, 7) is 0. The molecule has 6 aromatic carbocycles. The summed E-state index contributed by atoms with van der Waals surface area (Å²) < 4.78 is 24.5. The zero-order valence-electron chi connectivity index (χ0n) is 30.4. The fraction of sp³-hybridized carbons (Fsp3) is 0.0870. The second-order valence-electron chi connectivity index (χ2n) is 12.4. The summed E-state index contributed by atoms with van der Waals surface area (Å²) in [5.41, 5.74) is 5.46. The molecule has 0 fully saturated rings. The highest BCUT2D eigenvalue weighted by atomic mass is 16.5. The molecule has 268 valence electrons. The van der Waals surface area contributed by atoms with Gasteiger partial charge in [0.1, 0.15) is 23.0 Å². The quantitative estimate of drug-likeness (QED) is 0.156. The molecule has 0 saturated carbocycles. The largest absolute Gasteiger partial charge is 0.497 e. The summed E-state index contributed by atoms with van der Waals surface area (Å²) in [7, 11) is 6.50. The first-order chi connectivity index (χ1) is 26.4. The monoisotopic (exact) mass is 714 g/mol. The Morgan fingerprint density at radius 1 is 0.370 bits per heavy atom. The van der Waals surface area contributed by atoms with E-state index in [2.05, 4.69) is 0 Å². The van der Waals surface area contributed by atoms with E-state index in [1.165, 1.54) is 0 Å². The second-order valence-corrected chi connectivity index (χ2v) is 12.4. The molecule has 8 aromatic rings. The lowest BCUT2D eigenvalue weighted by Crippen LogP contribution is -2.18. The number of nitrogens with zero attached hydrogens (tertiary/aromatic N) is 2. The molecule has 0 aliphatic carbocycles. The lowest BCUT2D eigenvalue weighted by Gasteiger charge is -2.14. The maximum absolute atomic E-state index is 13.2. The summed E-state index contributed by atoms with van der Waals surface area (Å²) in [5.74, 6) is 2.95. The van der Waals surface area contributed by atoms with Crippen molar-refractivity contribution in [3.63, 3.8) is 0 Å². The van der Waals surface area contributed by atoms with Gasteiger partial charge in [-0.2, -0.15) is 0 Å². The van der Waals surface area contributed by atoms with Crippen LogP contribution in [0.5, 0.6) is 23.0 Å². The van der Waals surface area contributed by atoms with Crippen LogP contribution in [0.25, 0.3) is 55.2 Å². The van der Waals surface area contributed by atoms with Crippen LogP contribution in [-0.2, 0) is 0 Å². The Bertz CT molecular complexity index is 2480. The average Bonchev–Trinajstić information content (AvgIpc) is 3.24. The Labute approximate surface area is 312 Å². The SMILES string of the molecule is COc1ccc(-n2cc(-c3ccccc3)c3cc(OC)ccc3c2=O)cc1.COc1ccc(-n2cc(-c3ccccc3)c3cc(OC)ccc3c2=O)cc1. The summed E-state index contributed by atoms with van der Waals surface area (Å²) in [6.07, 6.45) is 3.78. The van der Waals surface area contributed by atoms with Crippen molar-refractivity contribution in [3.05, 3.63) is 179 Å². The number of methoxy groups -OCH3 is 4. The smallest absolute Gasteiger partial charge is 0.262 e. The van der Waals surface area contributed by atoms with Crippen molar-refractivity contribution in [2.45, 2.75) is 0 Å². The van der Waals surface area contributed by atoms with E-state index >= 15 is 0 Å². The number of ether oxygens (including phenoxy) is 4. The van der Waals surface area contributed by atoms with E-state index in [1.54, 1.807) is 37.6 Å². The third kappa shape index (κ3) is 7.05. The highest BCUT2D eigenvalue weighted by Gasteiger charge is 2.14. The zero-order chi connectivity index (χ0) is 37.6. The zero-order valence-corrected chi connectivity index (χ0v) is 30.4. The summed E-state index contributed by atoms with van der Waals surface area (Å²) in [5, 5.41) is 3.03. The van der Waals surface area contributed by atoms with Gasteiger partial charge in [0.15, 0.2) is 0 Å². The first-order valence-corrected chi connectivity index (χ1v) is 17.3. The van der Waals surface area contributed by atoms with Crippen molar-refractivity contribution in [1.82, 2.24) is 9.13 Å². The van der Waals surface area contributed by atoms with Crippen molar-refractivity contribution >= 4 is 21.5 Å². The predicted molar refractivity (Wildman–Crippen MR) is 216 cm³/mol. The third-order valence-electron chi connectivity index (χ3n) is 9.32. The molecule has 8 rings (SSSR count). The van der Waals surface area contributed by atoms with Gasteiger partial charge in [0.2, 0.25) is 0 Å². The minimum atomic E-state index is -0.0718. The van der Waals surface area contributed by atoms with E-state index in [-0.39, 0.29) is 11.1 Å². The van der Waals surface area contributed by atoms with Gasteiger partial charge in [0, 0.05) is 56.4 Å². The number of aromatic nitrogens is 2. The molecular formula is C46H38N2O6. The van der Waals surface area contributed by atoms with Gasteiger partial charge in [-0.3, -0.25) is 18.7 Å². The molecule has 0 amide bonds. The number of rotatable bonds is 8. The Balaban J connectivity index is 0.000000167. The van der Waals surface area contributed by atoms with E-state index < -0.39 is 0 Å². The van der Waals surface area contributed by atoms with Crippen LogP contribution < -0.4 is 30.1 Å². The first-order valence-electron chi connectivity index (χ1n) is 17.3. The molecule has 0 N–H and O–H groups in total. The average molecular weight is 715 g/mol. The molecule has 54 heavy (non-hydrogen) atoms. The molecule has 0 saturated heterocycles. The molecule has 2 aromatic heterocycles. The lowest BCUT2D eigenvalue weighted by atomic mass is 10.00. The second kappa shape index (κ2) is 15.7. The fourth-order valence-electron chi connectivity index (χ4n) is 6.46. The van der Waals surface area contributed by atoms with Gasteiger partial charge < -0.3 is 18.9 Å². The van der Waals surface area contributed by atoms with E-state index in [4.69, 9.17) is 18.9 Å². The highest BCUT2D eigenvalue weighted by molar-refractivity contribution is 5.98. The molecule has 0 atom stereocenters. The van der Waals surface area contributed by atoms with Crippen LogP contribution in [0.4, 0.5) is 0 Å². The van der Waals surface area contributed by atoms with Crippen molar-refractivity contribution in [3.8, 4) is 56.6 Å². The number of pyridine rings is 2. The Morgan fingerprint density at radius 2 is 0.704 bits per heavy atom. The van der Waals surface area contributed by atoms with E-state index in [0.29, 0.717) is 10.8 Å². The van der Waals surface area contributed by atoms with Gasteiger partial charge in [0.25, 0.3) is 11.1 Å². The predicted octanol–water partition coefficient (Wildman–Crippen LogP) is 9.35.